The molecular formula is C6H11ClF3N. The lowest BCUT2D eigenvalue weighted by molar-refractivity contribution is -0.137. The molecule has 0 saturated heterocycles. The van der Waals surface area contributed by atoms with Gasteiger partial charge in [-0.05, 0) is 6.42 Å². The zero-order chi connectivity index (χ0) is 8.20. The van der Waals surface area contributed by atoms with Gasteiger partial charge < -0.3 is 5.73 Å². The van der Waals surface area contributed by atoms with Crippen molar-refractivity contribution in [2.45, 2.75) is 25.1 Å². The number of rotatable bonds is 3. The van der Waals surface area contributed by atoms with Crippen LogP contribution in [0.25, 0.3) is 0 Å². The van der Waals surface area contributed by atoms with E-state index >= 15 is 0 Å². The molecule has 0 aromatic rings. The third-order valence-electron chi connectivity index (χ3n) is 0.963. The number of halogens is 4. The molecule has 0 fully saturated rings. The van der Waals surface area contributed by atoms with Crippen LogP contribution < -0.4 is 5.73 Å². The molecule has 1 unspecified atom stereocenters. The third-order valence-corrected chi connectivity index (χ3v) is 0.963. The smallest absolute Gasteiger partial charge is 0.327 e. The minimum Gasteiger partial charge on any atom is -0.327 e. The average Bonchev–Trinajstić information content (AvgIpc) is 1.59. The van der Waals surface area contributed by atoms with E-state index in [0.29, 0.717) is 0 Å². The van der Waals surface area contributed by atoms with E-state index in [2.05, 4.69) is 6.58 Å². The van der Waals surface area contributed by atoms with E-state index in [1.54, 1.807) is 0 Å². The topological polar surface area (TPSA) is 26.0 Å². The van der Waals surface area contributed by atoms with Crippen LogP contribution in [0.15, 0.2) is 12.7 Å². The van der Waals surface area contributed by atoms with Gasteiger partial charge in [-0.1, -0.05) is 6.08 Å². The maximum atomic E-state index is 11.5. The third kappa shape index (κ3) is 9.78. The fourth-order valence-electron chi connectivity index (χ4n) is 0.595. The number of hydrogen-bond acceptors (Lipinski definition) is 1. The van der Waals surface area contributed by atoms with E-state index < -0.39 is 18.6 Å². The molecule has 5 heteroatoms. The molecule has 0 heterocycles. The fraction of sp³-hybridized carbons (Fsp3) is 0.667. The predicted octanol–water partition coefficient (Wildman–Crippen LogP) is 2.26. The summed E-state index contributed by atoms with van der Waals surface area (Å²) in [5.74, 6) is 0. The Morgan fingerprint density at radius 2 is 1.91 bits per heavy atom. The van der Waals surface area contributed by atoms with Gasteiger partial charge in [-0.15, -0.1) is 19.0 Å². The van der Waals surface area contributed by atoms with Crippen molar-refractivity contribution in [2.24, 2.45) is 5.73 Å². The Balaban J connectivity index is 0. The zero-order valence-corrected chi connectivity index (χ0v) is 6.71. The lowest BCUT2D eigenvalue weighted by Crippen LogP contribution is -2.26. The van der Waals surface area contributed by atoms with Gasteiger partial charge in [0.2, 0.25) is 0 Å². The van der Waals surface area contributed by atoms with Gasteiger partial charge in [-0.2, -0.15) is 13.2 Å². The molecule has 11 heavy (non-hydrogen) atoms. The molecular weight excluding hydrogens is 179 g/mol. The standard InChI is InChI=1S/C6H10F3N.ClH/c1-2-3-5(10)4-6(7,8)9;/h2,5H,1,3-4,10H2;1H. The van der Waals surface area contributed by atoms with Crippen molar-refractivity contribution in [1.29, 1.82) is 0 Å². The molecule has 2 N–H and O–H groups in total. The highest BCUT2D eigenvalue weighted by atomic mass is 35.5. The first-order valence-electron chi connectivity index (χ1n) is 2.89. The first-order chi connectivity index (χ1) is 4.45. The van der Waals surface area contributed by atoms with Gasteiger partial charge in [0, 0.05) is 6.04 Å². The molecule has 0 bridgehead atoms. The highest BCUT2D eigenvalue weighted by molar-refractivity contribution is 5.85. The summed E-state index contributed by atoms with van der Waals surface area (Å²) >= 11 is 0. The number of hydrogen-bond donors (Lipinski definition) is 1. The first kappa shape index (κ1) is 13.4. The minimum atomic E-state index is -4.15. The Hall–Kier alpha value is -0.220. The molecule has 0 saturated carbocycles. The quantitative estimate of drug-likeness (QED) is 0.678. The van der Waals surface area contributed by atoms with Crippen molar-refractivity contribution in [3.63, 3.8) is 0 Å². The van der Waals surface area contributed by atoms with Gasteiger partial charge in [-0.3, -0.25) is 0 Å². The Kier molecular flexibility index (Phi) is 6.61. The molecule has 0 aliphatic rings. The van der Waals surface area contributed by atoms with Crippen LogP contribution in [0.1, 0.15) is 12.8 Å². The largest absolute Gasteiger partial charge is 0.390 e. The molecule has 0 aromatic heterocycles. The lowest BCUT2D eigenvalue weighted by Gasteiger charge is -2.10. The van der Waals surface area contributed by atoms with Crippen LogP contribution in [0.4, 0.5) is 13.2 Å². The Morgan fingerprint density at radius 1 is 1.45 bits per heavy atom. The summed E-state index contributed by atoms with van der Waals surface area (Å²) in [6, 6.07) is -0.836. The number of nitrogens with two attached hydrogens (primary N) is 1. The van der Waals surface area contributed by atoms with Crippen LogP contribution >= 0.6 is 12.4 Å². The van der Waals surface area contributed by atoms with Crippen molar-refractivity contribution in [3.8, 4) is 0 Å². The van der Waals surface area contributed by atoms with Gasteiger partial charge in [0.1, 0.15) is 0 Å². The molecule has 0 spiro atoms. The van der Waals surface area contributed by atoms with Gasteiger partial charge >= 0.3 is 6.18 Å². The summed E-state index contributed by atoms with van der Waals surface area (Å²) < 4.78 is 34.5. The molecule has 68 valence electrons. The molecule has 0 aliphatic carbocycles. The van der Waals surface area contributed by atoms with E-state index in [-0.39, 0.29) is 18.8 Å². The van der Waals surface area contributed by atoms with E-state index in [1.807, 2.05) is 0 Å². The molecule has 1 nitrogen and oxygen atoms in total. The molecule has 0 aromatic carbocycles. The predicted molar refractivity (Wildman–Crippen MR) is 40.7 cm³/mol. The molecule has 0 amide bonds. The maximum absolute atomic E-state index is 11.5. The summed E-state index contributed by atoms with van der Waals surface area (Å²) in [4.78, 5) is 0. The van der Waals surface area contributed by atoms with Gasteiger partial charge in [-0.25, -0.2) is 0 Å². The highest BCUT2D eigenvalue weighted by Crippen LogP contribution is 2.21. The van der Waals surface area contributed by atoms with Gasteiger partial charge in [0.15, 0.2) is 0 Å². The van der Waals surface area contributed by atoms with Gasteiger partial charge in [0.05, 0.1) is 6.42 Å². The molecule has 0 radical (unpaired) electrons. The summed E-state index contributed by atoms with van der Waals surface area (Å²) in [6.45, 7) is 3.28. The fourth-order valence-corrected chi connectivity index (χ4v) is 0.595. The van der Waals surface area contributed by atoms with Crippen molar-refractivity contribution in [1.82, 2.24) is 0 Å². The molecule has 1 atom stereocenters. The number of alkyl halides is 3. The van der Waals surface area contributed by atoms with E-state index in [9.17, 15) is 13.2 Å². The Morgan fingerprint density at radius 3 is 2.18 bits per heavy atom. The molecule has 0 rings (SSSR count). The van der Waals surface area contributed by atoms with Crippen LogP contribution in [0, 0.1) is 0 Å². The first-order valence-corrected chi connectivity index (χ1v) is 2.89. The van der Waals surface area contributed by atoms with Crippen LogP contribution in [0.3, 0.4) is 0 Å². The van der Waals surface area contributed by atoms with Crippen LogP contribution in [0.5, 0.6) is 0 Å². The SMILES string of the molecule is C=CCC(N)CC(F)(F)F.Cl. The second kappa shape index (κ2) is 5.43. The summed E-state index contributed by atoms with van der Waals surface area (Å²) in [5, 5.41) is 0. The summed E-state index contributed by atoms with van der Waals surface area (Å²) in [5.41, 5.74) is 5.08. The maximum Gasteiger partial charge on any atom is 0.390 e. The Labute approximate surface area is 69.9 Å². The monoisotopic (exact) mass is 189 g/mol. The van der Waals surface area contributed by atoms with Crippen LogP contribution in [-0.2, 0) is 0 Å². The summed E-state index contributed by atoms with van der Waals surface area (Å²) in [6.07, 6.45) is -3.49. The second-order valence-corrected chi connectivity index (χ2v) is 2.10. The normalized spacial score (nSPS) is 13.5. The minimum absolute atomic E-state index is 0. The van der Waals surface area contributed by atoms with E-state index in [1.165, 1.54) is 6.08 Å². The van der Waals surface area contributed by atoms with Crippen molar-refractivity contribution in [3.05, 3.63) is 12.7 Å². The van der Waals surface area contributed by atoms with Crippen molar-refractivity contribution < 1.29 is 13.2 Å². The molecule has 0 aliphatic heterocycles. The van der Waals surface area contributed by atoms with Gasteiger partial charge in [0.25, 0.3) is 0 Å². The van der Waals surface area contributed by atoms with Crippen LogP contribution in [-0.4, -0.2) is 12.2 Å². The Bertz CT molecular complexity index is 113. The average molecular weight is 190 g/mol. The lowest BCUT2D eigenvalue weighted by atomic mass is 10.1. The van der Waals surface area contributed by atoms with E-state index in [4.69, 9.17) is 5.73 Å². The second-order valence-electron chi connectivity index (χ2n) is 2.10. The van der Waals surface area contributed by atoms with E-state index in [0.717, 1.165) is 0 Å². The van der Waals surface area contributed by atoms with Crippen LogP contribution in [0.2, 0.25) is 0 Å². The highest BCUT2D eigenvalue weighted by Gasteiger charge is 2.29. The zero-order valence-electron chi connectivity index (χ0n) is 5.90. The summed E-state index contributed by atoms with van der Waals surface area (Å²) in [7, 11) is 0. The van der Waals surface area contributed by atoms with Crippen molar-refractivity contribution >= 4 is 12.4 Å². The van der Waals surface area contributed by atoms with Crippen molar-refractivity contribution in [2.75, 3.05) is 0 Å².